The maximum Gasteiger partial charge on any atom is 0.250 e. The predicted molar refractivity (Wildman–Crippen MR) is 30.7 cm³/mol. The molecule has 0 unspecified atom stereocenters. The van der Waals surface area contributed by atoms with Crippen LogP contribution in [0.15, 0.2) is 10.7 Å². The van der Waals surface area contributed by atoms with Gasteiger partial charge >= 0.3 is 0 Å². The molecule has 0 amide bonds. The molecule has 0 spiro atoms. The van der Waals surface area contributed by atoms with E-state index in [1.54, 1.807) is 0 Å². The van der Waals surface area contributed by atoms with Crippen LogP contribution in [0, 0.1) is 17.8 Å². The van der Waals surface area contributed by atoms with E-state index in [-0.39, 0.29) is 4.60 Å². The number of hydrogen-bond donors (Lipinski definition) is 0. The minimum atomic E-state index is -1.13. The van der Waals surface area contributed by atoms with Crippen molar-refractivity contribution in [1.29, 1.82) is 0 Å². The fourth-order valence-corrected chi connectivity index (χ4v) is 0.628. The molecule has 1 rings (SSSR count). The molecule has 0 aliphatic rings. The molecule has 0 saturated heterocycles. The van der Waals surface area contributed by atoms with Gasteiger partial charge < -0.3 is 0 Å². The molecule has 0 aliphatic carbocycles. The highest BCUT2D eigenvalue weighted by molar-refractivity contribution is 9.10. The summed E-state index contributed by atoms with van der Waals surface area (Å²) < 4.78 is 24.3. The first-order chi connectivity index (χ1) is 4.20. The van der Waals surface area contributed by atoms with E-state index in [9.17, 15) is 8.78 Å². The second-order valence-electron chi connectivity index (χ2n) is 1.33. The molecule has 1 aromatic rings. The van der Waals surface area contributed by atoms with Gasteiger partial charge in [0.1, 0.15) is 4.60 Å². The molecular weight excluding hydrogens is 192 g/mol. The summed E-state index contributed by atoms with van der Waals surface area (Å²) >= 11 is 2.85. The number of halogens is 3. The van der Waals surface area contributed by atoms with Gasteiger partial charge in [0.25, 0.3) is 5.95 Å². The molecule has 9 heavy (non-hydrogen) atoms. The summed E-state index contributed by atoms with van der Waals surface area (Å²) in [7, 11) is 0. The minimum absolute atomic E-state index is 0.237. The van der Waals surface area contributed by atoms with Crippen molar-refractivity contribution < 1.29 is 8.78 Å². The summed E-state index contributed by atoms with van der Waals surface area (Å²) in [5, 5.41) is 0. The van der Waals surface area contributed by atoms with Crippen molar-refractivity contribution in [2.24, 2.45) is 0 Å². The summed E-state index contributed by atoms with van der Waals surface area (Å²) in [6, 6.07) is 3.22. The van der Waals surface area contributed by atoms with Crippen LogP contribution in [0.3, 0.4) is 0 Å². The van der Waals surface area contributed by atoms with Gasteiger partial charge in [-0.2, -0.15) is 4.39 Å². The van der Waals surface area contributed by atoms with Crippen LogP contribution < -0.4 is 0 Å². The molecule has 0 saturated carbocycles. The van der Waals surface area contributed by atoms with E-state index in [4.69, 9.17) is 0 Å². The van der Waals surface area contributed by atoms with Gasteiger partial charge in [-0.25, -0.2) is 9.37 Å². The lowest BCUT2D eigenvalue weighted by Gasteiger charge is -1.88. The molecule has 0 aromatic carbocycles. The van der Waals surface area contributed by atoms with Crippen molar-refractivity contribution in [3.05, 3.63) is 28.5 Å². The Bertz CT molecular complexity index is 226. The molecule has 0 aliphatic heterocycles. The fourth-order valence-electron chi connectivity index (χ4n) is 0.358. The third-order valence-corrected chi connectivity index (χ3v) is 1.11. The van der Waals surface area contributed by atoms with Crippen LogP contribution in [-0.4, -0.2) is 4.98 Å². The number of aromatic nitrogens is 1. The molecule has 4 heteroatoms. The van der Waals surface area contributed by atoms with Crippen LogP contribution >= 0.6 is 15.9 Å². The standard InChI is InChI=1S/C5HBrF2N/c6-4-2-1-3(7)5(8)9-4/h2H. The molecule has 0 bridgehead atoms. The smallest absolute Gasteiger partial charge is 0.210 e. The van der Waals surface area contributed by atoms with Crippen molar-refractivity contribution in [3.8, 4) is 0 Å². The Labute approximate surface area is 58.8 Å². The molecule has 47 valence electrons. The van der Waals surface area contributed by atoms with E-state index in [2.05, 4.69) is 20.9 Å². The summed E-state index contributed by atoms with van der Waals surface area (Å²) in [6.07, 6.45) is 0. The van der Waals surface area contributed by atoms with Crippen LogP contribution in [-0.2, 0) is 0 Å². The van der Waals surface area contributed by atoms with Gasteiger partial charge in [0.15, 0.2) is 5.82 Å². The van der Waals surface area contributed by atoms with E-state index in [0.717, 1.165) is 0 Å². The van der Waals surface area contributed by atoms with Crippen LogP contribution in [0.4, 0.5) is 8.78 Å². The van der Waals surface area contributed by atoms with Gasteiger partial charge in [-0.05, 0) is 22.0 Å². The van der Waals surface area contributed by atoms with Gasteiger partial charge in [-0.1, -0.05) is 0 Å². The van der Waals surface area contributed by atoms with Crippen molar-refractivity contribution in [2.45, 2.75) is 0 Å². The highest BCUT2D eigenvalue weighted by Gasteiger charge is 2.00. The maximum absolute atomic E-state index is 12.0. The van der Waals surface area contributed by atoms with Crippen LogP contribution in [0.25, 0.3) is 0 Å². The first kappa shape index (κ1) is 6.61. The van der Waals surface area contributed by atoms with E-state index in [0.29, 0.717) is 0 Å². The van der Waals surface area contributed by atoms with Crippen LogP contribution in [0.5, 0.6) is 0 Å². The molecule has 0 atom stereocenters. The average molecular weight is 193 g/mol. The van der Waals surface area contributed by atoms with Gasteiger partial charge in [0, 0.05) is 6.07 Å². The molecule has 0 fully saturated rings. The summed E-state index contributed by atoms with van der Waals surface area (Å²) in [6.45, 7) is 0. The third-order valence-electron chi connectivity index (χ3n) is 0.704. The Morgan fingerprint density at radius 1 is 1.56 bits per heavy atom. The van der Waals surface area contributed by atoms with Crippen molar-refractivity contribution in [2.75, 3.05) is 0 Å². The normalized spacial score (nSPS) is 9.67. The molecule has 1 heterocycles. The Kier molecular flexibility index (Phi) is 1.75. The summed E-state index contributed by atoms with van der Waals surface area (Å²) in [5.41, 5.74) is 0. The zero-order valence-electron chi connectivity index (χ0n) is 4.16. The minimum Gasteiger partial charge on any atom is -0.210 e. The van der Waals surface area contributed by atoms with Gasteiger partial charge in [0.2, 0.25) is 0 Å². The Morgan fingerprint density at radius 2 is 2.22 bits per heavy atom. The zero-order chi connectivity index (χ0) is 6.85. The van der Waals surface area contributed by atoms with Crippen molar-refractivity contribution in [1.82, 2.24) is 4.98 Å². The van der Waals surface area contributed by atoms with Gasteiger partial charge in [-0.3, -0.25) is 0 Å². The number of rotatable bonds is 0. The van der Waals surface area contributed by atoms with Crippen LogP contribution in [0.1, 0.15) is 0 Å². The molecule has 1 aromatic heterocycles. The largest absolute Gasteiger partial charge is 0.250 e. The van der Waals surface area contributed by atoms with Gasteiger partial charge in [-0.15, -0.1) is 0 Å². The highest BCUT2D eigenvalue weighted by atomic mass is 79.9. The lowest BCUT2D eigenvalue weighted by Crippen LogP contribution is -1.87. The molecular formula is C5HBrF2N. The third kappa shape index (κ3) is 1.45. The second kappa shape index (κ2) is 2.39. The number of hydrogen-bond acceptors (Lipinski definition) is 1. The van der Waals surface area contributed by atoms with Crippen molar-refractivity contribution in [3.63, 3.8) is 0 Å². The fraction of sp³-hybridized carbons (Fsp3) is 0. The Morgan fingerprint density at radius 3 is 2.67 bits per heavy atom. The SMILES string of the molecule is Fc1[c]cc(Br)nc1F. The summed E-state index contributed by atoms with van der Waals surface area (Å²) in [4.78, 5) is 3.12. The second-order valence-corrected chi connectivity index (χ2v) is 2.14. The van der Waals surface area contributed by atoms with E-state index >= 15 is 0 Å². The van der Waals surface area contributed by atoms with E-state index in [1.165, 1.54) is 6.07 Å². The van der Waals surface area contributed by atoms with Crippen LogP contribution in [0.2, 0.25) is 0 Å². The lowest BCUT2D eigenvalue weighted by molar-refractivity contribution is 0.476. The monoisotopic (exact) mass is 192 g/mol. The highest BCUT2D eigenvalue weighted by Crippen LogP contribution is 2.07. The first-order valence-electron chi connectivity index (χ1n) is 2.09. The maximum atomic E-state index is 12.0. The molecule has 1 nitrogen and oxygen atoms in total. The topological polar surface area (TPSA) is 12.9 Å². The van der Waals surface area contributed by atoms with E-state index in [1.807, 2.05) is 6.07 Å². The number of pyridine rings is 1. The molecule has 1 radical (unpaired) electrons. The quantitative estimate of drug-likeness (QED) is 0.573. The van der Waals surface area contributed by atoms with Gasteiger partial charge in [0.05, 0.1) is 0 Å². The van der Waals surface area contributed by atoms with Crippen molar-refractivity contribution >= 4 is 15.9 Å². The predicted octanol–water partition coefficient (Wildman–Crippen LogP) is 1.92. The van der Waals surface area contributed by atoms with E-state index < -0.39 is 11.8 Å². The molecule has 0 N–H and O–H groups in total. The Hall–Kier alpha value is -0.510. The summed E-state index contributed by atoms with van der Waals surface area (Å²) in [5.74, 6) is -2.19. The average Bonchev–Trinajstić information content (AvgIpc) is 1.80. The zero-order valence-corrected chi connectivity index (χ0v) is 5.74. The Balaban J connectivity index is 3.17. The lowest BCUT2D eigenvalue weighted by atomic mass is 10.5. The first-order valence-corrected chi connectivity index (χ1v) is 2.88. The number of nitrogens with zero attached hydrogens (tertiary/aromatic N) is 1.